The number of aromatic nitrogens is 2. The maximum Gasteiger partial charge on any atom is 0.144 e. The van der Waals surface area contributed by atoms with Crippen LogP contribution >= 0.6 is 0 Å². The summed E-state index contributed by atoms with van der Waals surface area (Å²) in [5.41, 5.74) is 1.86. The predicted octanol–water partition coefficient (Wildman–Crippen LogP) is 1.22. The predicted molar refractivity (Wildman–Crippen MR) is 99.5 cm³/mol. The van der Waals surface area contributed by atoms with Crippen molar-refractivity contribution in [3.63, 3.8) is 0 Å². The highest BCUT2D eigenvalue weighted by Gasteiger charge is 2.22. The van der Waals surface area contributed by atoms with Crippen LogP contribution in [-0.4, -0.2) is 25.4 Å². The third kappa shape index (κ3) is 3.85. The molecule has 0 amide bonds. The standard InChI is InChI=1S/C19H21BN2O2S/c1-21-13-14-22(2)19(21)20-18(15-16-9-5-3-6-10-16)25(23,24)17-11-7-4-8-12-17/h3-14,18H,15H2,1-2H3. The van der Waals surface area contributed by atoms with E-state index in [0.29, 0.717) is 11.3 Å². The Morgan fingerprint density at radius 3 is 2.20 bits per heavy atom. The molecule has 3 aromatic rings. The lowest BCUT2D eigenvalue weighted by atomic mass is 9.70. The van der Waals surface area contributed by atoms with Crippen LogP contribution in [0.15, 0.2) is 78.0 Å². The van der Waals surface area contributed by atoms with Gasteiger partial charge in [0.15, 0.2) is 0 Å². The first-order chi connectivity index (χ1) is 12.0. The number of rotatable bonds is 6. The van der Waals surface area contributed by atoms with Gasteiger partial charge in [-0.25, -0.2) is 8.42 Å². The van der Waals surface area contributed by atoms with Crippen molar-refractivity contribution in [2.75, 3.05) is 0 Å². The fourth-order valence-corrected chi connectivity index (χ4v) is 4.49. The van der Waals surface area contributed by atoms with E-state index in [4.69, 9.17) is 0 Å². The summed E-state index contributed by atoms with van der Waals surface area (Å²) in [6, 6.07) is 18.4. The van der Waals surface area contributed by atoms with Gasteiger partial charge in [-0.05, 0) is 18.6 Å². The van der Waals surface area contributed by atoms with Crippen molar-refractivity contribution in [2.45, 2.75) is 16.5 Å². The lowest BCUT2D eigenvalue weighted by molar-refractivity contribution is -0.653. The van der Waals surface area contributed by atoms with Crippen molar-refractivity contribution in [3.8, 4) is 0 Å². The van der Waals surface area contributed by atoms with Crippen LogP contribution in [0.3, 0.4) is 0 Å². The number of nitrogens with zero attached hydrogens (tertiary/aromatic N) is 2. The van der Waals surface area contributed by atoms with Gasteiger partial charge >= 0.3 is 0 Å². The Kier molecular flexibility index (Phi) is 5.09. The summed E-state index contributed by atoms with van der Waals surface area (Å²) in [4.78, 5) is 0.351. The summed E-state index contributed by atoms with van der Waals surface area (Å²) in [6.07, 6.45) is 4.27. The minimum atomic E-state index is -3.49. The van der Waals surface area contributed by atoms with Crippen LogP contribution in [-0.2, 0) is 30.4 Å². The first kappa shape index (κ1) is 17.5. The molecule has 2 aromatic carbocycles. The molecule has 1 heterocycles. The van der Waals surface area contributed by atoms with Crippen molar-refractivity contribution in [3.05, 3.63) is 78.6 Å². The Bertz CT molecular complexity index is 919. The van der Waals surface area contributed by atoms with Gasteiger partial charge < -0.3 is 0 Å². The monoisotopic (exact) mass is 352 g/mol. The zero-order valence-electron chi connectivity index (χ0n) is 14.4. The summed E-state index contributed by atoms with van der Waals surface area (Å²) in [5, 5.41) is -0.642. The second kappa shape index (κ2) is 7.27. The molecule has 1 unspecified atom stereocenters. The third-order valence-electron chi connectivity index (χ3n) is 4.32. The van der Waals surface area contributed by atoms with Crippen LogP contribution < -0.4 is 10.3 Å². The number of aryl methyl sites for hydroxylation is 2. The molecule has 1 aromatic heterocycles. The Labute approximate surface area is 149 Å². The zero-order chi connectivity index (χ0) is 17.9. The van der Waals surface area contributed by atoms with Crippen LogP contribution in [0.5, 0.6) is 0 Å². The maximum atomic E-state index is 13.2. The molecule has 4 nitrogen and oxygen atoms in total. The van der Waals surface area contributed by atoms with E-state index in [-0.39, 0.29) is 0 Å². The molecule has 0 bridgehead atoms. The minimum absolute atomic E-state index is 0.351. The molecule has 0 aliphatic carbocycles. The van der Waals surface area contributed by atoms with E-state index in [1.54, 1.807) is 24.3 Å². The topological polar surface area (TPSA) is 43.0 Å². The second-order valence-electron chi connectivity index (χ2n) is 6.13. The largest absolute Gasteiger partial charge is 0.280 e. The summed E-state index contributed by atoms with van der Waals surface area (Å²) in [6.45, 7) is 0. The molecule has 0 spiro atoms. The molecule has 6 heteroatoms. The Balaban J connectivity index is 2.00. The molecular weight excluding hydrogens is 331 g/mol. The van der Waals surface area contributed by atoms with Gasteiger partial charge in [0.1, 0.15) is 22.2 Å². The lowest BCUT2D eigenvalue weighted by Crippen LogP contribution is -2.54. The summed E-state index contributed by atoms with van der Waals surface area (Å²) in [7, 11) is 2.19. The summed E-state index contributed by atoms with van der Waals surface area (Å²) < 4.78 is 30.3. The van der Waals surface area contributed by atoms with Crippen LogP contribution in [0.4, 0.5) is 0 Å². The first-order valence-electron chi connectivity index (χ1n) is 8.17. The van der Waals surface area contributed by atoms with Crippen molar-refractivity contribution in [2.24, 2.45) is 14.1 Å². The number of hydrogen-bond acceptors (Lipinski definition) is 2. The van der Waals surface area contributed by atoms with Crippen LogP contribution in [0.1, 0.15) is 5.56 Å². The summed E-state index contributed by atoms with van der Waals surface area (Å²) >= 11 is 0. The molecular formula is C19H21BN2O2S. The average Bonchev–Trinajstić information content (AvgIpc) is 2.94. The van der Waals surface area contributed by atoms with Gasteiger partial charge in [-0.1, -0.05) is 54.1 Å². The van der Waals surface area contributed by atoms with Gasteiger partial charge in [0.2, 0.25) is 0 Å². The Morgan fingerprint density at radius 1 is 1.04 bits per heavy atom. The van der Waals surface area contributed by atoms with E-state index in [1.165, 1.54) is 0 Å². The van der Waals surface area contributed by atoms with Gasteiger partial charge in [-0.2, -0.15) is 7.28 Å². The van der Waals surface area contributed by atoms with Gasteiger partial charge in [-0.15, -0.1) is 5.15 Å². The number of imidazole rings is 1. The highest BCUT2D eigenvalue weighted by Crippen LogP contribution is 2.18. The number of benzene rings is 2. The van der Waals surface area contributed by atoms with Crippen molar-refractivity contribution >= 4 is 22.8 Å². The van der Waals surface area contributed by atoms with Gasteiger partial charge in [-0.3, -0.25) is 9.13 Å². The molecule has 128 valence electrons. The average molecular weight is 352 g/mol. The van der Waals surface area contributed by atoms with Gasteiger partial charge in [0, 0.05) is 5.72 Å². The fourth-order valence-electron chi connectivity index (χ4n) is 2.89. The van der Waals surface area contributed by atoms with E-state index in [0.717, 1.165) is 11.3 Å². The number of hydrogen-bond donors (Lipinski definition) is 0. The molecule has 0 aliphatic rings. The van der Waals surface area contributed by atoms with E-state index >= 15 is 0 Å². The van der Waals surface area contributed by atoms with E-state index < -0.39 is 15.0 Å². The van der Waals surface area contributed by atoms with Crippen molar-refractivity contribution < 1.29 is 13.0 Å². The highest BCUT2D eigenvalue weighted by molar-refractivity contribution is 7.93. The molecule has 3 rings (SSSR count). The van der Waals surface area contributed by atoms with E-state index in [2.05, 4.69) is 0 Å². The second-order valence-corrected chi connectivity index (χ2v) is 8.30. The normalized spacial score (nSPS) is 12.9. The maximum absolute atomic E-state index is 13.2. The molecule has 0 aliphatic heterocycles. The lowest BCUT2D eigenvalue weighted by Gasteiger charge is -2.27. The highest BCUT2D eigenvalue weighted by atomic mass is 32.2. The molecule has 0 N–H and O–H groups in total. The molecule has 1 atom stereocenters. The number of sulfone groups is 1. The van der Waals surface area contributed by atoms with Gasteiger partial charge in [0.05, 0.1) is 19.0 Å². The van der Waals surface area contributed by atoms with Crippen LogP contribution in [0.25, 0.3) is 0 Å². The smallest absolute Gasteiger partial charge is 0.144 e. The third-order valence-corrected chi connectivity index (χ3v) is 6.35. The summed E-state index contributed by atoms with van der Waals surface area (Å²) in [5.74, 6) is 0. The SMILES string of the molecule is Cn1cc[n+](C)c1[B-]C(Cc1ccccc1)S(=O)(=O)c1ccccc1. The molecule has 0 saturated carbocycles. The Morgan fingerprint density at radius 2 is 1.64 bits per heavy atom. The Hall–Kier alpha value is -2.34. The van der Waals surface area contributed by atoms with Crippen LogP contribution in [0, 0.1) is 0 Å². The van der Waals surface area contributed by atoms with Crippen molar-refractivity contribution in [1.82, 2.24) is 4.57 Å². The van der Waals surface area contributed by atoms with Crippen LogP contribution in [0.2, 0.25) is 0 Å². The van der Waals surface area contributed by atoms with Crippen molar-refractivity contribution in [1.29, 1.82) is 0 Å². The minimum Gasteiger partial charge on any atom is -0.280 e. The first-order valence-corrected chi connectivity index (χ1v) is 9.72. The van der Waals surface area contributed by atoms with Gasteiger partial charge in [0.25, 0.3) is 0 Å². The zero-order valence-corrected chi connectivity index (χ0v) is 15.2. The molecule has 0 fully saturated rings. The quantitative estimate of drug-likeness (QED) is 0.495. The fraction of sp³-hybridized carbons (Fsp3) is 0.211. The van der Waals surface area contributed by atoms with E-state index in [9.17, 15) is 8.42 Å². The molecule has 25 heavy (non-hydrogen) atoms. The molecule has 0 saturated heterocycles. The molecule has 2 radical (unpaired) electrons. The van der Waals surface area contributed by atoms with E-state index in [1.807, 2.05) is 79.3 Å².